The SMILES string of the molecule is CCCNc1cc(C(=O)N2CC(C)C(N(C)C)C2)ccn1. The number of hydrogen-bond donors (Lipinski definition) is 1. The molecule has 0 bridgehead atoms. The fraction of sp³-hybridized carbons (Fsp3) is 0.625. The van der Waals surface area contributed by atoms with E-state index in [1.54, 1.807) is 12.3 Å². The standard InChI is InChI=1S/C16H26N4O/c1-5-7-17-15-9-13(6-8-18-15)16(21)20-10-12(2)14(11-20)19(3)4/h6,8-9,12,14H,5,7,10-11H2,1-4H3,(H,17,18). The minimum atomic E-state index is 0.105. The number of likely N-dealkylation sites (tertiary alicyclic amines) is 1. The molecule has 1 aromatic heterocycles. The Labute approximate surface area is 127 Å². The Morgan fingerprint density at radius 3 is 2.86 bits per heavy atom. The number of carbonyl (C=O) groups excluding carboxylic acids is 1. The lowest BCUT2D eigenvalue weighted by molar-refractivity contribution is 0.0781. The molecule has 21 heavy (non-hydrogen) atoms. The summed E-state index contributed by atoms with van der Waals surface area (Å²) in [6, 6.07) is 4.09. The van der Waals surface area contributed by atoms with E-state index in [2.05, 4.69) is 43.1 Å². The van der Waals surface area contributed by atoms with Crippen LogP contribution in [0.3, 0.4) is 0 Å². The monoisotopic (exact) mass is 290 g/mol. The lowest BCUT2D eigenvalue weighted by atomic mass is 10.1. The first-order valence-electron chi connectivity index (χ1n) is 7.68. The Hall–Kier alpha value is -1.62. The predicted molar refractivity (Wildman–Crippen MR) is 85.6 cm³/mol. The smallest absolute Gasteiger partial charge is 0.254 e. The molecule has 0 aliphatic carbocycles. The molecule has 1 aromatic rings. The van der Waals surface area contributed by atoms with Gasteiger partial charge in [-0.3, -0.25) is 4.79 Å². The van der Waals surface area contributed by atoms with Gasteiger partial charge < -0.3 is 15.1 Å². The van der Waals surface area contributed by atoms with Crippen LogP contribution in [0.2, 0.25) is 0 Å². The summed E-state index contributed by atoms with van der Waals surface area (Å²) < 4.78 is 0. The Bertz CT molecular complexity index is 489. The molecular formula is C16H26N4O. The summed E-state index contributed by atoms with van der Waals surface area (Å²) in [4.78, 5) is 21.1. The average molecular weight is 290 g/mol. The summed E-state index contributed by atoms with van der Waals surface area (Å²) in [6.45, 7) is 6.80. The van der Waals surface area contributed by atoms with E-state index in [9.17, 15) is 4.79 Å². The number of likely N-dealkylation sites (N-methyl/N-ethyl adjacent to an activating group) is 1. The van der Waals surface area contributed by atoms with E-state index in [1.165, 1.54) is 0 Å². The van der Waals surface area contributed by atoms with Gasteiger partial charge in [-0.1, -0.05) is 13.8 Å². The number of aromatic nitrogens is 1. The maximum Gasteiger partial charge on any atom is 0.254 e. The molecule has 5 nitrogen and oxygen atoms in total. The van der Waals surface area contributed by atoms with Gasteiger partial charge in [-0.2, -0.15) is 0 Å². The zero-order valence-electron chi connectivity index (χ0n) is 13.5. The second kappa shape index (κ2) is 6.89. The highest BCUT2D eigenvalue weighted by Crippen LogP contribution is 2.22. The van der Waals surface area contributed by atoms with Crippen LogP contribution in [0.4, 0.5) is 5.82 Å². The minimum absolute atomic E-state index is 0.105. The third-order valence-electron chi connectivity index (χ3n) is 4.09. The topological polar surface area (TPSA) is 48.5 Å². The van der Waals surface area contributed by atoms with Crippen LogP contribution in [0.1, 0.15) is 30.6 Å². The van der Waals surface area contributed by atoms with E-state index in [1.807, 2.05) is 11.0 Å². The molecule has 1 N–H and O–H groups in total. The highest BCUT2D eigenvalue weighted by Gasteiger charge is 2.33. The highest BCUT2D eigenvalue weighted by atomic mass is 16.2. The summed E-state index contributed by atoms with van der Waals surface area (Å²) in [6.07, 6.45) is 2.74. The van der Waals surface area contributed by atoms with Gasteiger partial charge in [-0.05, 0) is 38.6 Å². The molecule has 1 fully saturated rings. The predicted octanol–water partition coefficient (Wildman–Crippen LogP) is 1.93. The molecule has 0 spiro atoms. The van der Waals surface area contributed by atoms with Crippen LogP contribution < -0.4 is 5.32 Å². The van der Waals surface area contributed by atoms with Gasteiger partial charge in [0.05, 0.1) is 0 Å². The highest BCUT2D eigenvalue weighted by molar-refractivity contribution is 5.95. The fourth-order valence-electron chi connectivity index (χ4n) is 2.88. The van der Waals surface area contributed by atoms with Gasteiger partial charge in [0.25, 0.3) is 5.91 Å². The van der Waals surface area contributed by atoms with Crippen molar-refractivity contribution in [2.75, 3.05) is 39.0 Å². The number of nitrogens with one attached hydrogen (secondary N) is 1. The lowest BCUT2D eigenvalue weighted by Gasteiger charge is -2.22. The summed E-state index contributed by atoms with van der Waals surface area (Å²) in [7, 11) is 4.16. The molecule has 116 valence electrons. The van der Waals surface area contributed by atoms with Gasteiger partial charge in [0, 0.05) is 37.4 Å². The van der Waals surface area contributed by atoms with E-state index in [-0.39, 0.29) is 5.91 Å². The van der Waals surface area contributed by atoms with Crippen molar-refractivity contribution in [3.8, 4) is 0 Å². The first-order valence-corrected chi connectivity index (χ1v) is 7.68. The van der Waals surface area contributed by atoms with Crippen LogP contribution in [0.15, 0.2) is 18.3 Å². The molecule has 1 aliphatic heterocycles. The van der Waals surface area contributed by atoms with E-state index >= 15 is 0 Å². The van der Waals surface area contributed by atoms with E-state index in [0.717, 1.165) is 37.4 Å². The summed E-state index contributed by atoms with van der Waals surface area (Å²) in [5.41, 5.74) is 0.718. The van der Waals surface area contributed by atoms with E-state index in [0.29, 0.717) is 12.0 Å². The van der Waals surface area contributed by atoms with Gasteiger partial charge in [0.15, 0.2) is 0 Å². The number of rotatable bonds is 5. The van der Waals surface area contributed by atoms with E-state index in [4.69, 9.17) is 0 Å². The van der Waals surface area contributed by atoms with Crippen molar-refractivity contribution in [3.63, 3.8) is 0 Å². The molecule has 5 heteroatoms. The molecular weight excluding hydrogens is 264 g/mol. The van der Waals surface area contributed by atoms with Crippen molar-refractivity contribution in [1.29, 1.82) is 0 Å². The number of carbonyl (C=O) groups is 1. The van der Waals surface area contributed by atoms with Crippen molar-refractivity contribution < 1.29 is 4.79 Å². The summed E-state index contributed by atoms with van der Waals surface area (Å²) in [5.74, 6) is 1.38. The van der Waals surface area contributed by atoms with Gasteiger partial charge in [0.1, 0.15) is 5.82 Å². The molecule has 1 aliphatic rings. The number of amides is 1. The van der Waals surface area contributed by atoms with Gasteiger partial charge >= 0.3 is 0 Å². The largest absolute Gasteiger partial charge is 0.370 e. The normalized spacial score (nSPS) is 21.9. The molecule has 2 unspecified atom stereocenters. The van der Waals surface area contributed by atoms with Crippen LogP contribution in [-0.4, -0.2) is 60.5 Å². The van der Waals surface area contributed by atoms with Gasteiger partial charge in [-0.25, -0.2) is 4.98 Å². The van der Waals surface area contributed by atoms with Crippen molar-refractivity contribution in [2.45, 2.75) is 26.3 Å². The molecule has 0 saturated carbocycles. The maximum absolute atomic E-state index is 12.6. The van der Waals surface area contributed by atoms with E-state index < -0.39 is 0 Å². The zero-order valence-corrected chi connectivity index (χ0v) is 13.5. The number of anilines is 1. The van der Waals surface area contributed by atoms with Crippen LogP contribution in [0.25, 0.3) is 0 Å². The molecule has 2 atom stereocenters. The Morgan fingerprint density at radius 2 is 2.24 bits per heavy atom. The molecule has 0 radical (unpaired) electrons. The van der Waals surface area contributed by atoms with Gasteiger partial charge in [-0.15, -0.1) is 0 Å². The first-order chi connectivity index (χ1) is 10.0. The van der Waals surface area contributed by atoms with Crippen molar-refractivity contribution >= 4 is 11.7 Å². The summed E-state index contributed by atoms with van der Waals surface area (Å²) in [5, 5.41) is 3.23. The number of hydrogen-bond acceptors (Lipinski definition) is 4. The lowest BCUT2D eigenvalue weighted by Crippen LogP contribution is -2.35. The molecule has 2 rings (SSSR count). The second-order valence-electron chi connectivity index (χ2n) is 6.07. The van der Waals surface area contributed by atoms with Crippen LogP contribution in [0, 0.1) is 5.92 Å². The van der Waals surface area contributed by atoms with Crippen LogP contribution in [-0.2, 0) is 0 Å². The Balaban J connectivity index is 2.07. The molecule has 0 aromatic carbocycles. The van der Waals surface area contributed by atoms with Crippen molar-refractivity contribution in [2.24, 2.45) is 5.92 Å². The number of pyridine rings is 1. The fourth-order valence-corrected chi connectivity index (χ4v) is 2.88. The zero-order chi connectivity index (χ0) is 15.4. The average Bonchev–Trinajstić information content (AvgIpc) is 2.87. The second-order valence-corrected chi connectivity index (χ2v) is 6.07. The van der Waals surface area contributed by atoms with Gasteiger partial charge in [0.2, 0.25) is 0 Å². The quantitative estimate of drug-likeness (QED) is 0.900. The first kappa shape index (κ1) is 15.8. The maximum atomic E-state index is 12.6. The molecule has 1 saturated heterocycles. The third-order valence-corrected chi connectivity index (χ3v) is 4.09. The van der Waals surface area contributed by atoms with Crippen molar-refractivity contribution in [1.82, 2.24) is 14.8 Å². The minimum Gasteiger partial charge on any atom is -0.370 e. The molecule has 1 amide bonds. The Kier molecular flexibility index (Phi) is 5.17. The third kappa shape index (κ3) is 3.73. The Morgan fingerprint density at radius 1 is 1.48 bits per heavy atom. The van der Waals surface area contributed by atoms with Crippen LogP contribution >= 0.6 is 0 Å². The van der Waals surface area contributed by atoms with Crippen molar-refractivity contribution in [3.05, 3.63) is 23.9 Å². The van der Waals surface area contributed by atoms with Crippen LogP contribution in [0.5, 0.6) is 0 Å². The molecule has 2 heterocycles. The summed E-state index contributed by atoms with van der Waals surface area (Å²) >= 11 is 0. The number of nitrogens with zero attached hydrogens (tertiary/aromatic N) is 3.